The van der Waals surface area contributed by atoms with E-state index in [0.29, 0.717) is 5.56 Å². The summed E-state index contributed by atoms with van der Waals surface area (Å²) in [6, 6.07) is 7.00. The fourth-order valence-corrected chi connectivity index (χ4v) is 2.36. The van der Waals surface area contributed by atoms with Gasteiger partial charge in [0.05, 0.1) is 11.5 Å². The van der Waals surface area contributed by atoms with Crippen LogP contribution in [0.2, 0.25) is 0 Å². The van der Waals surface area contributed by atoms with Crippen molar-refractivity contribution in [2.45, 2.75) is 19.1 Å². The summed E-state index contributed by atoms with van der Waals surface area (Å²) in [6.45, 7) is -0.289. The lowest BCUT2D eigenvalue weighted by Gasteiger charge is -2.13. The fourth-order valence-electron chi connectivity index (χ4n) is 2.36. The molecule has 1 fully saturated rings. The molecular weight excluding hydrogens is 412 g/mol. The number of nitrogen functional groups attached to an aromatic ring is 1. The van der Waals surface area contributed by atoms with Gasteiger partial charge in [-0.25, -0.2) is 9.59 Å². The molecular formula is C16H16ClN4O8-. The number of benzene rings is 1. The Morgan fingerprint density at radius 1 is 1.31 bits per heavy atom. The smallest absolute Gasteiger partial charge is 0.508 e. The first kappa shape index (κ1) is 22.1. The van der Waals surface area contributed by atoms with E-state index in [9.17, 15) is 19.7 Å². The molecule has 3 rings (SSSR count). The number of nitrogens with zero attached hydrogens (tertiary/aromatic N) is 3. The fraction of sp³-hybridized carbons (Fsp3) is 0.312. The summed E-state index contributed by atoms with van der Waals surface area (Å²) in [4.78, 5) is 37.1. The van der Waals surface area contributed by atoms with E-state index in [1.165, 1.54) is 41.1 Å². The van der Waals surface area contributed by atoms with Gasteiger partial charge < -0.3 is 37.1 Å². The monoisotopic (exact) mass is 427 g/mol. The molecule has 1 saturated heterocycles. The van der Waals surface area contributed by atoms with Crippen molar-refractivity contribution in [1.29, 1.82) is 0 Å². The number of carbonyl (C=O) groups is 1. The number of nitro benzene ring substituents is 1. The Hall–Kier alpha value is -3.22. The van der Waals surface area contributed by atoms with Crippen LogP contribution in [-0.4, -0.2) is 40.1 Å². The normalized spacial score (nSPS) is 17.9. The summed E-state index contributed by atoms with van der Waals surface area (Å²) < 4.78 is 21.8. The Morgan fingerprint density at radius 3 is 2.69 bits per heavy atom. The van der Waals surface area contributed by atoms with Crippen LogP contribution in [0.1, 0.15) is 11.8 Å². The van der Waals surface area contributed by atoms with Gasteiger partial charge in [-0.15, -0.1) is 0 Å². The van der Waals surface area contributed by atoms with E-state index >= 15 is 0 Å². The largest absolute Gasteiger partial charge is 1.00 e. The highest BCUT2D eigenvalue weighted by molar-refractivity contribution is 5.59. The quantitative estimate of drug-likeness (QED) is 0.309. The Morgan fingerprint density at radius 2 is 2.03 bits per heavy atom. The molecule has 2 atom stereocenters. The summed E-state index contributed by atoms with van der Waals surface area (Å²) in [5, 5.41) is 10.6. The van der Waals surface area contributed by atoms with Crippen molar-refractivity contribution in [3.63, 3.8) is 0 Å². The van der Waals surface area contributed by atoms with E-state index in [4.69, 9.17) is 24.7 Å². The number of aromatic nitrogens is 2. The van der Waals surface area contributed by atoms with Crippen LogP contribution in [0.15, 0.2) is 41.3 Å². The number of halogens is 1. The molecule has 0 spiro atoms. The molecule has 1 aromatic heterocycles. The molecule has 12 nitrogen and oxygen atoms in total. The van der Waals surface area contributed by atoms with Gasteiger partial charge in [-0.3, -0.25) is 14.7 Å². The van der Waals surface area contributed by atoms with Gasteiger partial charge in [-0.2, -0.15) is 4.98 Å². The number of nitrogens with two attached hydrogens (primary N) is 1. The molecule has 1 aliphatic rings. The van der Waals surface area contributed by atoms with Crippen LogP contribution in [0.25, 0.3) is 0 Å². The number of nitro groups is 1. The topological polar surface area (TPSA) is 158 Å². The number of ether oxygens (including phenoxy) is 4. The first-order valence-electron chi connectivity index (χ1n) is 8.07. The Balaban J connectivity index is 0.00000300. The van der Waals surface area contributed by atoms with Crippen molar-refractivity contribution < 1.29 is 41.1 Å². The van der Waals surface area contributed by atoms with Crippen LogP contribution >= 0.6 is 0 Å². The molecule has 0 saturated carbocycles. The molecule has 13 heteroatoms. The summed E-state index contributed by atoms with van der Waals surface area (Å²) in [5.74, 6) is 0.0933. The van der Waals surface area contributed by atoms with Crippen molar-refractivity contribution in [3.05, 3.63) is 62.7 Å². The van der Waals surface area contributed by atoms with Crippen molar-refractivity contribution in [2.75, 3.05) is 18.9 Å². The van der Waals surface area contributed by atoms with E-state index < -0.39 is 29.3 Å². The third-order valence-corrected chi connectivity index (χ3v) is 3.74. The predicted octanol–water partition coefficient (Wildman–Crippen LogP) is -2.04. The Labute approximate surface area is 169 Å². The molecule has 2 aromatic rings. The molecule has 156 valence electrons. The second kappa shape index (κ2) is 9.82. The van der Waals surface area contributed by atoms with Gasteiger partial charge in [0.2, 0.25) is 0 Å². The standard InChI is InChI=1S/C16H16N4O8.ClH/c17-12-5-6-19(15(21)18-12)13-8-25-14(28-13)9-27-16(22)26-7-10-1-3-11(4-2-10)20(23)24;/h1-6,13-14H,7-9H2,(H2,17,18,21);1H/p-1/t13-,14-;/m0./s1. The van der Waals surface area contributed by atoms with Crippen molar-refractivity contribution in [2.24, 2.45) is 0 Å². The number of non-ortho nitro benzene ring substituents is 1. The molecule has 0 radical (unpaired) electrons. The van der Waals surface area contributed by atoms with Crippen LogP contribution in [0, 0.1) is 10.1 Å². The van der Waals surface area contributed by atoms with Crippen LogP contribution < -0.4 is 23.8 Å². The Bertz CT molecular complexity index is 920. The van der Waals surface area contributed by atoms with Crippen molar-refractivity contribution in [1.82, 2.24) is 9.55 Å². The molecule has 0 bridgehead atoms. The number of hydrogen-bond acceptors (Lipinski definition) is 10. The van der Waals surface area contributed by atoms with E-state index in [2.05, 4.69) is 4.98 Å². The van der Waals surface area contributed by atoms with Crippen LogP contribution in [-0.2, 0) is 25.6 Å². The third-order valence-electron chi connectivity index (χ3n) is 3.74. The zero-order valence-corrected chi connectivity index (χ0v) is 15.6. The number of anilines is 1. The van der Waals surface area contributed by atoms with E-state index in [-0.39, 0.29) is 43.7 Å². The molecule has 0 amide bonds. The lowest BCUT2D eigenvalue weighted by Crippen LogP contribution is -3.00. The lowest BCUT2D eigenvalue weighted by atomic mass is 10.2. The SMILES string of the molecule is Nc1ccn([C@@H]2CO[C@H](COC(=O)OCc3ccc([N+](=O)[O-])cc3)O2)c(=O)n1.[Cl-]. The molecule has 0 unspecified atom stereocenters. The van der Waals surface area contributed by atoms with Gasteiger partial charge in [-0.1, -0.05) is 0 Å². The number of carbonyl (C=O) groups excluding carboxylic acids is 1. The third kappa shape index (κ3) is 5.88. The first-order valence-corrected chi connectivity index (χ1v) is 8.07. The predicted molar refractivity (Wildman–Crippen MR) is 92.0 cm³/mol. The van der Waals surface area contributed by atoms with Crippen molar-refractivity contribution >= 4 is 17.7 Å². The summed E-state index contributed by atoms with van der Waals surface area (Å²) >= 11 is 0. The highest BCUT2D eigenvalue weighted by Gasteiger charge is 2.29. The highest BCUT2D eigenvalue weighted by atomic mass is 35.5. The molecule has 0 aliphatic carbocycles. The van der Waals surface area contributed by atoms with Crippen LogP contribution in [0.4, 0.5) is 16.3 Å². The number of rotatable bonds is 6. The summed E-state index contributed by atoms with van der Waals surface area (Å²) in [6.07, 6.45) is -1.12. The second-order valence-electron chi connectivity index (χ2n) is 5.67. The van der Waals surface area contributed by atoms with Gasteiger partial charge in [0, 0.05) is 18.3 Å². The van der Waals surface area contributed by atoms with Gasteiger partial charge in [0.1, 0.15) is 19.0 Å². The minimum Gasteiger partial charge on any atom is -1.00 e. The van der Waals surface area contributed by atoms with Gasteiger partial charge in [0.15, 0.2) is 12.5 Å². The van der Waals surface area contributed by atoms with Crippen LogP contribution in [0.5, 0.6) is 0 Å². The van der Waals surface area contributed by atoms with E-state index in [1.54, 1.807) is 0 Å². The lowest BCUT2D eigenvalue weighted by molar-refractivity contribution is -0.384. The van der Waals surface area contributed by atoms with Crippen LogP contribution in [0.3, 0.4) is 0 Å². The van der Waals surface area contributed by atoms with Gasteiger partial charge in [0.25, 0.3) is 5.69 Å². The first-order chi connectivity index (χ1) is 13.4. The molecule has 2 N–H and O–H groups in total. The average molecular weight is 428 g/mol. The molecule has 1 aliphatic heterocycles. The zero-order chi connectivity index (χ0) is 20.1. The van der Waals surface area contributed by atoms with E-state index in [1.807, 2.05) is 0 Å². The summed E-state index contributed by atoms with van der Waals surface area (Å²) in [5.41, 5.74) is 5.34. The van der Waals surface area contributed by atoms with E-state index in [0.717, 1.165) is 0 Å². The zero-order valence-electron chi connectivity index (χ0n) is 14.8. The highest BCUT2D eigenvalue weighted by Crippen LogP contribution is 2.20. The number of hydrogen-bond donors (Lipinski definition) is 1. The average Bonchev–Trinajstić information content (AvgIpc) is 3.13. The molecule has 29 heavy (non-hydrogen) atoms. The Kier molecular flexibility index (Phi) is 7.47. The maximum Gasteiger partial charge on any atom is 0.508 e. The molecule has 2 heterocycles. The minimum absolute atomic E-state index is 0. The maximum absolute atomic E-state index is 11.8. The second-order valence-corrected chi connectivity index (χ2v) is 5.67. The summed E-state index contributed by atoms with van der Waals surface area (Å²) in [7, 11) is 0. The van der Waals surface area contributed by atoms with Gasteiger partial charge >= 0.3 is 11.8 Å². The van der Waals surface area contributed by atoms with Crippen molar-refractivity contribution in [3.8, 4) is 0 Å². The van der Waals surface area contributed by atoms with Gasteiger partial charge in [-0.05, 0) is 23.8 Å². The molecule has 1 aromatic carbocycles. The minimum atomic E-state index is -0.958. The maximum atomic E-state index is 11.8.